The van der Waals surface area contributed by atoms with Gasteiger partial charge in [-0.3, -0.25) is 0 Å². The molecule has 0 aliphatic heterocycles. The third kappa shape index (κ3) is 3.70. The maximum Gasteiger partial charge on any atom is 0.153 e. The molecular formula is C31H45FN2O2. The first-order valence-electron chi connectivity index (χ1n) is 14.6. The van der Waals surface area contributed by atoms with E-state index in [9.17, 15) is 14.6 Å². The van der Waals surface area contributed by atoms with Crippen LogP contribution in [-0.4, -0.2) is 32.4 Å². The summed E-state index contributed by atoms with van der Waals surface area (Å²) >= 11 is 0. The van der Waals surface area contributed by atoms with Crippen LogP contribution in [0.1, 0.15) is 89.9 Å². The van der Waals surface area contributed by atoms with Crippen LogP contribution in [0, 0.1) is 59.1 Å². The van der Waals surface area contributed by atoms with Crippen LogP contribution in [0.5, 0.6) is 0 Å². The Balaban J connectivity index is 1.17. The molecular weight excluding hydrogens is 451 g/mol. The van der Waals surface area contributed by atoms with E-state index in [1.807, 2.05) is 12.1 Å². The van der Waals surface area contributed by atoms with E-state index in [1.54, 1.807) is 6.92 Å². The summed E-state index contributed by atoms with van der Waals surface area (Å²) in [7, 11) is 0. The van der Waals surface area contributed by atoms with Crippen LogP contribution < -0.4 is 0 Å². The SMILES string of the molecule is Cc1ccc2[nH]c(CCC(C)[C@H]3CC[C@H]4[C@@H]5[C@@H](O)C[C@@H]6C[C@H](O)CC[C@]6(C)[C@H]5CC[C@]34C)nc2c1F. The van der Waals surface area contributed by atoms with Crippen molar-refractivity contribution < 1.29 is 14.6 Å². The van der Waals surface area contributed by atoms with E-state index < -0.39 is 0 Å². The van der Waals surface area contributed by atoms with E-state index in [0.29, 0.717) is 46.6 Å². The molecule has 3 N–H and O–H groups in total. The Morgan fingerprint density at radius 1 is 1.06 bits per heavy atom. The van der Waals surface area contributed by atoms with Gasteiger partial charge < -0.3 is 15.2 Å². The van der Waals surface area contributed by atoms with Gasteiger partial charge in [-0.1, -0.05) is 26.8 Å². The van der Waals surface area contributed by atoms with Gasteiger partial charge in [-0.25, -0.2) is 9.37 Å². The summed E-state index contributed by atoms with van der Waals surface area (Å²) < 4.78 is 14.5. The smallest absolute Gasteiger partial charge is 0.153 e. The molecule has 36 heavy (non-hydrogen) atoms. The summed E-state index contributed by atoms with van der Waals surface area (Å²) in [5, 5.41) is 21.8. The summed E-state index contributed by atoms with van der Waals surface area (Å²) in [6.07, 6.45) is 10.3. The summed E-state index contributed by atoms with van der Waals surface area (Å²) in [4.78, 5) is 7.95. The molecule has 4 fully saturated rings. The Kier molecular flexibility index (Phi) is 6.07. The fourth-order valence-electron chi connectivity index (χ4n) is 10.1. The summed E-state index contributed by atoms with van der Waals surface area (Å²) in [6.45, 7) is 9.23. The van der Waals surface area contributed by atoms with Gasteiger partial charge in [-0.2, -0.15) is 0 Å². The van der Waals surface area contributed by atoms with Gasteiger partial charge in [0.1, 0.15) is 11.3 Å². The maximum atomic E-state index is 14.5. The molecule has 4 aliphatic carbocycles. The minimum Gasteiger partial charge on any atom is -0.393 e. The van der Waals surface area contributed by atoms with Gasteiger partial charge in [0, 0.05) is 6.42 Å². The lowest BCUT2D eigenvalue weighted by molar-refractivity contribution is -0.174. The molecule has 4 aliphatic rings. The number of aromatic amines is 1. The van der Waals surface area contributed by atoms with Crippen LogP contribution in [0.2, 0.25) is 0 Å². The van der Waals surface area contributed by atoms with E-state index in [1.165, 1.54) is 25.7 Å². The van der Waals surface area contributed by atoms with Gasteiger partial charge in [-0.15, -0.1) is 0 Å². The number of imidazole rings is 1. The predicted octanol–water partition coefficient (Wildman–Crippen LogP) is 6.57. The number of fused-ring (bicyclic) bond motifs is 6. The van der Waals surface area contributed by atoms with Crippen LogP contribution in [0.4, 0.5) is 4.39 Å². The average molecular weight is 497 g/mol. The van der Waals surface area contributed by atoms with Crippen molar-refractivity contribution in [2.24, 2.45) is 46.3 Å². The van der Waals surface area contributed by atoms with E-state index in [0.717, 1.165) is 49.9 Å². The van der Waals surface area contributed by atoms with E-state index in [2.05, 4.69) is 30.7 Å². The van der Waals surface area contributed by atoms with Crippen molar-refractivity contribution >= 4 is 11.0 Å². The van der Waals surface area contributed by atoms with Crippen molar-refractivity contribution in [3.05, 3.63) is 29.3 Å². The zero-order valence-electron chi connectivity index (χ0n) is 22.6. The van der Waals surface area contributed by atoms with E-state index in [4.69, 9.17) is 0 Å². The van der Waals surface area contributed by atoms with Gasteiger partial charge in [0.05, 0.1) is 17.7 Å². The number of H-pyrrole nitrogens is 1. The standard InChI is InChI=1S/C31H45FN2O2/c1-17(6-10-26-33-24-9-5-18(2)28(32)29(24)34-26)21-7-8-22-27-23(12-14-31(21,22)4)30(3)13-11-20(35)15-19(30)16-25(27)36/h5,9,17,19-23,25,27,35-36H,6-8,10-16H2,1-4H3,(H,33,34)/t17?,19-,20+,21+,22-,23-,25-,27-,30-,31+/m0/s1. The van der Waals surface area contributed by atoms with Crippen LogP contribution in [-0.2, 0) is 6.42 Å². The number of nitrogens with zero attached hydrogens (tertiary/aromatic N) is 1. The number of rotatable bonds is 4. The second-order valence-corrected chi connectivity index (χ2v) is 13.7. The number of aliphatic hydroxyl groups is 2. The van der Waals surface area contributed by atoms with Crippen molar-refractivity contribution in [3.8, 4) is 0 Å². The molecule has 0 radical (unpaired) electrons. The lowest BCUT2D eigenvalue weighted by Crippen LogP contribution is -2.58. The minimum atomic E-state index is -0.217. The lowest BCUT2D eigenvalue weighted by atomic mass is 9.43. The monoisotopic (exact) mass is 496 g/mol. The second-order valence-electron chi connectivity index (χ2n) is 13.7. The van der Waals surface area contributed by atoms with Gasteiger partial charge in [-0.05, 0) is 123 Å². The first-order chi connectivity index (χ1) is 17.1. The fourth-order valence-corrected chi connectivity index (χ4v) is 10.1. The minimum absolute atomic E-state index is 0.176. The number of aryl methyl sites for hydroxylation is 2. The Morgan fingerprint density at radius 3 is 2.61 bits per heavy atom. The predicted molar refractivity (Wildman–Crippen MR) is 141 cm³/mol. The summed E-state index contributed by atoms with van der Waals surface area (Å²) in [5.74, 6) is 4.01. The van der Waals surface area contributed by atoms with Gasteiger partial charge in [0.2, 0.25) is 0 Å². The zero-order valence-corrected chi connectivity index (χ0v) is 22.6. The highest BCUT2D eigenvalue weighted by Crippen LogP contribution is 2.68. The molecule has 1 heterocycles. The second kappa shape index (κ2) is 8.80. The van der Waals surface area contributed by atoms with Crippen LogP contribution in [0.25, 0.3) is 11.0 Å². The number of aliphatic hydroxyl groups excluding tert-OH is 2. The third-order valence-corrected chi connectivity index (χ3v) is 12.1. The number of nitrogens with one attached hydrogen (secondary N) is 1. The highest BCUT2D eigenvalue weighted by atomic mass is 19.1. The molecule has 10 atom stereocenters. The van der Waals surface area contributed by atoms with Gasteiger partial charge in [0.15, 0.2) is 5.82 Å². The highest BCUT2D eigenvalue weighted by Gasteiger charge is 2.62. The quantitative estimate of drug-likeness (QED) is 0.448. The molecule has 5 heteroatoms. The van der Waals surface area contributed by atoms with Crippen molar-refractivity contribution in [2.75, 3.05) is 0 Å². The first kappa shape index (κ1) is 24.9. The zero-order chi connectivity index (χ0) is 25.4. The first-order valence-corrected chi connectivity index (χ1v) is 14.6. The average Bonchev–Trinajstić information content (AvgIpc) is 3.42. The molecule has 1 aromatic heterocycles. The summed E-state index contributed by atoms with van der Waals surface area (Å²) in [6, 6.07) is 3.75. The van der Waals surface area contributed by atoms with E-state index >= 15 is 0 Å². The molecule has 1 unspecified atom stereocenters. The Morgan fingerprint density at radius 2 is 1.81 bits per heavy atom. The Labute approximate surface area is 215 Å². The van der Waals surface area contributed by atoms with Crippen molar-refractivity contribution in [1.29, 1.82) is 0 Å². The van der Waals surface area contributed by atoms with Crippen molar-refractivity contribution in [1.82, 2.24) is 9.97 Å². The van der Waals surface area contributed by atoms with Crippen LogP contribution in [0.3, 0.4) is 0 Å². The highest BCUT2D eigenvalue weighted by molar-refractivity contribution is 5.76. The Bertz CT molecular complexity index is 1130. The topological polar surface area (TPSA) is 69.1 Å². The normalized spacial score (nSPS) is 43.1. The summed E-state index contributed by atoms with van der Waals surface area (Å²) in [5.41, 5.74) is 2.47. The molecule has 4 saturated carbocycles. The maximum absolute atomic E-state index is 14.5. The molecule has 2 aromatic rings. The van der Waals surface area contributed by atoms with Gasteiger partial charge >= 0.3 is 0 Å². The fraction of sp³-hybridized carbons (Fsp3) is 0.774. The molecule has 4 nitrogen and oxygen atoms in total. The number of hydrogen-bond donors (Lipinski definition) is 3. The molecule has 198 valence electrons. The number of halogens is 1. The largest absolute Gasteiger partial charge is 0.393 e. The molecule has 1 aromatic carbocycles. The number of aromatic nitrogens is 2. The number of hydrogen-bond acceptors (Lipinski definition) is 3. The third-order valence-electron chi connectivity index (χ3n) is 12.1. The van der Waals surface area contributed by atoms with Crippen LogP contribution >= 0.6 is 0 Å². The number of benzene rings is 1. The molecule has 0 amide bonds. The molecule has 6 rings (SSSR count). The van der Waals surface area contributed by atoms with E-state index in [-0.39, 0.29) is 28.9 Å². The van der Waals surface area contributed by atoms with Crippen molar-refractivity contribution in [2.45, 2.75) is 104 Å². The molecule has 0 bridgehead atoms. The lowest BCUT2D eigenvalue weighted by Gasteiger charge is -2.62. The molecule has 0 saturated heterocycles. The van der Waals surface area contributed by atoms with Crippen molar-refractivity contribution in [3.63, 3.8) is 0 Å². The van der Waals surface area contributed by atoms with Crippen LogP contribution in [0.15, 0.2) is 12.1 Å². The van der Waals surface area contributed by atoms with Gasteiger partial charge in [0.25, 0.3) is 0 Å². The Hall–Kier alpha value is -1.46. The molecule has 0 spiro atoms.